The third-order valence-corrected chi connectivity index (χ3v) is 4.06. The van der Waals surface area contributed by atoms with E-state index in [0.29, 0.717) is 12.3 Å². The summed E-state index contributed by atoms with van der Waals surface area (Å²) in [7, 11) is 0. The highest BCUT2D eigenvalue weighted by Crippen LogP contribution is 2.20. The minimum Gasteiger partial charge on any atom is -0.342 e. The van der Waals surface area contributed by atoms with Gasteiger partial charge in [-0.15, -0.1) is 0 Å². The number of amides is 1. The van der Waals surface area contributed by atoms with Gasteiger partial charge in [-0.05, 0) is 45.2 Å². The van der Waals surface area contributed by atoms with Crippen LogP contribution in [0.15, 0.2) is 12.2 Å². The summed E-state index contributed by atoms with van der Waals surface area (Å²) < 4.78 is 0. The summed E-state index contributed by atoms with van der Waals surface area (Å²) in [5.41, 5.74) is 0.972. The smallest absolute Gasteiger partial charge is 0.226 e. The highest BCUT2D eigenvalue weighted by atomic mass is 16.2. The Hall–Kier alpha value is -0.830. The van der Waals surface area contributed by atoms with E-state index in [2.05, 4.69) is 11.5 Å². The molecule has 3 heteroatoms. The Kier molecular flexibility index (Phi) is 4.81. The van der Waals surface area contributed by atoms with Crippen molar-refractivity contribution in [1.82, 2.24) is 9.80 Å². The van der Waals surface area contributed by atoms with Crippen LogP contribution >= 0.6 is 0 Å². The molecule has 0 spiro atoms. The normalized spacial score (nSPS) is 25.4. The highest BCUT2D eigenvalue weighted by molar-refractivity contribution is 5.78. The summed E-state index contributed by atoms with van der Waals surface area (Å²) in [5, 5.41) is 0. The molecule has 0 N–H and O–H groups in total. The van der Waals surface area contributed by atoms with Gasteiger partial charge in [-0.3, -0.25) is 4.79 Å². The number of likely N-dealkylation sites (tertiary alicyclic amines) is 2. The molecule has 3 nitrogen and oxygen atoms in total. The van der Waals surface area contributed by atoms with Crippen molar-refractivity contribution < 1.29 is 4.79 Å². The molecule has 0 saturated carbocycles. The van der Waals surface area contributed by atoms with E-state index in [4.69, 9.17) is 0 Å². The van der Waals surface area contributed by atoms with E-state index in [0.717, 1.165) is 18.7 Å². The molecule has 2 saturated heterocycles. The van der Waals surface area contributed by atoms with Crippen molar-refractivity contribution >= 4 is 5.91 Å². The van der Waals surface area contributed by atoms with Gasteiger partial charge in [0.05, 0.1) is 0 Å². The first kappa shape index (κ1) is 13.6. The van der Waals surface area contributed by atoms with Crippen LogP contribution < -0.4 is 0 Å². The summed E-state index contributed by atoms with van der Waals surface area (Å²) in [5.74, 6) is 0.959. The van der Waals surface area contributed by atoms with Crippen LogP contribution in [0.3, 0.4) is 0 Å². The predicted molar refractivity (Wildman–Crippen MR) is 74.4 cm³/mol. The zero-order valence-corrected chi connectivity index (χ0v) is 11.7. The molecule has 1 amide bonds. The van der Waals surface area contributed by atoms with Gasteiger partial charge in [-0.2, -0.15) is 0 Å². The molecule has 102 valence electrons. The Morgan fingerprint density at radius 2 is 1.94 bits per heavy atom. The Labute approximate surface area is 111 Å². The Balaban J connectivity index is 1.73. The molecule has 0 aromatic carbocycles. The van der Waals surface area contributed by atoms with Gasteiger partial charge < -0.3 is 9.80 Å². The lowest BCUT2D eigenvalue weighted by Gasteiger charge is -2.29. The topological polar surface area (TPSA) is 23.6 Å². The minimum absolute atomic E-state index is 0.267. The Morgan fingerprint density at radius 1 is 1.22 bits per heavy atom. The van der Waals surface area contributed by atoms with Crippen LogP contribution in [0.1, 0.15) is 39.0 Å². The van der Waals surface area contributed by atoms with Gasteiger partial charge in [-0.1, -0.05) is 18.6 Å². The molecule has 2 rings (SSSR count). The first-order chi connectivity index (χ1) is 8.65. The van der Waals surface area contributed by atoms with Crippen LogP contribution in [-0.4, -0.2) is 48.4 Å². The molecule has 2 fully saturated rings. The standard InChI is InChI=1S/C15H26N2O/c1-13(2)10-15(18)17-9-6-14(12-17)11-16-7-4-3-5-8-16/h14H,1,3-12H2,2H3. The molecule has 2 heterocycles. The largest absolute Gasteiger partial charge is 0.342 e. The second-order valence-electron chi connectivity index (χ2n) is 5.99. The van der Waals surface area contributed by atoms with E-state index in [1.807, 2.05) is 11.8 Å². The quantitative estimate of drug-likeness (QED) is 0.715. The third kappa shape index (κ3) is 3.84. The average molecular weight is 250 g/mol. The molecular weight excluding hydrogens is 224 g/mol. The Bertz CT molecular complexity index is 308. The zero-order chi connectivity index (χ0) is 13.0. The fraction of sp³-hybridized carbons (Fsp3) is 0.800. The van der Waals surface area contributed by atoms with Crippen molar-refractivity contribution in [2.24, 2.45) is 5.92 Å². The number of nitrogens with zero attached hydrogens (tertiary/aromatic N) is 2. The first-order valence-electron chi connectivity index (χ1n) is 7.29. The maximum Gasteiger partial charge on any atom is 0.226 e. The maximum atomic E-state index is 11.9. The first-order valence-corrected chi connectivity index (χ1v) is 7.29. The van der Waals surface area contributed by atoms with E-state index >= 15 is 0 Å². The molecule has 0 aliphatic carbocycles. The summed E-state index contributed by atoms with van der Waals surface area (Å²) in [6.45, 7) is 11.4. The van der Waals surface area contributed by atoms with Crippen molar-refractivity contribution in [2.75, 3.05) is 32.7 Å². The molecule has 0 bridgehead atoms. The van der Waals surface area contributed by atoms with Gasteiger partial charge in [0.25, 0.3) is 0 Å². The lowest BCUT2D eigenvalue weighted by Crippen LogP contribution is -2.36. The predicted octanol–water partition coefficient (Wildman–Crippen LogP) is 2.29. The summed E-state index contributed by atoms with van der Waals surface area (Å²) in [6, 6.07) is 0. The molecule has 0 radical (unpaired) electrons. The van der Waals surface area contributed by atoms with E-state index in [1.54, 1.807) is 0 Å². The fourth-order valence-corrected chi connectivity index (χ4v) is 3.09. The third-order valence-electron chi connectivity index (χ3n) is 4.06. The molecule has 1 atom stereocenters. The van der Waals surface area contributed by atoms with Crippen molar-refractivity contribution in [3.63, 3.8) is 0 Å². The van der Waals surface area contributed by atoms with Gasteiger partial charge in [0.2, 0.25) is 5.91 Å². The number of hydrogen-bond donors (Lipinski definition) is 0. The average Bonchev–Trinajstić information content (AvgIpc) is 2.78. The number of piperidine rings is 1. The number of rotatable bonds is 4. The second kappa shape index (κ2) is 6.37. The van der Waals surface area contributed by atoms with Crippen molar-refractivity contribution in [2.45, 2.75) is 39.0 Å². The number of carbonyl (C=O) groups is 1. The van der Waals surface area contributed by atoms with Gasteiger partial charge in [-0.25, -0.2) is 0 Å². The van der Waals surface area contributed by atoms with Crippen molar-refractivity contribution in [1.29, 1.82) is 0 Å². The van der Waals surface area contributed by atoms with Gasteiger partial charge in [0, 0.05) is 26.1 Å². The molecule has 2 aliphatic rings. The number of carbonyl (C=O) groups excluding carboxylic acids is 1. The lowest BCUT2D eigenvalue weighted by atomic mass is 10.1. The van der Waals surface area contributed by atoms with Gasteiger partial charge in [0.15, 0.2) is 0 Å². The van der Waals surface area contributed by atoms with Crippen LogP contribution in [0.4, 0.5) is 0 Å². The van der Waals surface area contributed by atoms with Crippen LogP contribution in [0.5, 0.6) is 0 Å². The molecule has 1 unspecified atom stereocenters. The van der Waals surface area contributed by atoms with Crippen molar-refractivity contribution in [3.8, 4) is 0 Å². The van der Waals surface area contributed by atoms with E-state index in [9.17, 15) is 4.79 Å². The summed E-state index contributed by atoms with van der Waals surface area (Å²) in [4.78, 5) is 16.6. The lowest BCUT2D eigenvalue weighted by molar-refractivity contribution is -0.129. The molecule has 0 aromatic rings. The van der Waals surface area contributed by atoms with E-state index < -0.39 is 0 Å². The van der Waals surface area contributed by atoms with Crippen LogP contribution in [0.2, 0.25) is 0 Å². The SMILES string of the molecule is C=C(C)CC(=O)N1CCC(CN2CCCCC2)C1. The van der Waals surface area contributed by atoms with E-state index in [-0.39, 0.29) is 5.91 Å². The summed E-state index contributed by atoms with van der Waals surface area (Å²) in [6.07, 6.45) is 5.80. The molecule has 2 aliphatic heterocycles. The molecular formula is C15H26N2O. The van der Waals surface area contributed by atoms with Gasteiger partial charge in [0.1, 0.15) is 0 Å². The monoisotopic (exact) mass is 250 g/mol. The van der Waals surface area contributed by atoms with Crippen LogP contribution in [-0.2, 0) is 4.79 Å². The van der Waals surface area contributed by atoms with Crippen molar-refractivity contribution in [3.05, 3.63) is 12.2 Å². The summed E-state index contributed by atoms with van der Waals surface area (Å²) >= 11 is 0. The fourth-order valence-electron chi connectivity index (χ4n) is 3.09. The van der Waals surface area contributed by atoms with Crippen LogP contribution in [0.25, 0.3) is 0 Å². The minimum atomic E-state index is 0.267. The highest BCUT2D eigenvalue weighted by Gasteiger charge is 2.27. The molecule has 0 aromatic heterocycles. The maximum absolute atomic E-state index is 11.9. The van der Waals surface area contributed by atoms with Gasteiger partial charge >= 0.3 is 0 Å². The Morgan fingerprint density at radius 3 is 2.61 bits per heavy atom. The zero-order valence-electron chi connectivity index (χ0n) is 11.7. The molecule has 18 heavy (non-hydrogen) atoms. The van der Waals surface area contributed by atoms with E-state index in [1.165, 1.54) is 45.3 Å². The number of hydrogen-bond acceptors (Lipinski definition) is 2. The second-order valence-corrected chi connectivity index (χ2v) is 5.99. The van der Waals surface area contributed by atoms with Crippen LogP contribution in [0, 0.1) is 5.92 Å².